The van der Waals surface area contributed by atoms with Crippen LogP contribution in [-0.4, -0.2) is 30.6 Å². The van der Waals surface area contributed by atoms with E-state index in [2.05, 4.69) is 45.9 Å². The van der Waals surface area contributed by atoms with Crippen molar-refractivity contribution in [1.29, 1.82) is 0 Å². The topological polar surface area (TPSA) is 12.5 Å². The lowest BCUT2D eigenvalue weighted by Crippen LogP contribution is -2.39. The summed E-state index contributed by atoms with van der Waals surface area (Å²) in [6.07, 6.45) is 1.31. The van der Waals surface area contributed by atoms with Crippen LogP contribution in [0.1, 0.15) is 34.1 Å². The molecule has 15 heavy (non-hydrogen) atoms. The van der Waals surface area contributed by atoms with Crippen LogP contribution in [0.5, 0.6) is 0 Å². The van der Waals surface area contributed by atoms with E-state index in [1.807, 2.05) is 6.92 Å². The van der Waals surface area contributed by atoms with Crippen molar-refractivity contribution < 1.29 is 4.74 Å². The summed E-state index contributed by atoms with van der Waals surface area (Å²) in [5, 5.41) is 0. The smallest absolute Gasteiger partial charge is 0.114 e. The molecule has 0 rings (SSSR count). The molecule has 0 saturated heterocycles. The molecule has 0 fully saturated rings. The summed E-state index contributed by atoms with van der Waals surface area (Å²) in [4.78, 5) is 2.30. The van der Waals surface area contributed by atoms with Gasteiger partial charge in [0.05, 0.1) is 0 Å². The number of rotatable bonds is 7. The Kier molecular flexibility index (Phi) is 6.34. The fourth-order valence-corrected chi connectivity index (χ4v) is 1.34. The van der Waals surface area contributed by atoms with Crippen molar-refractivity contribution in [2.24, 2.45) is 0 Å². The van der Waals surface area contributed by atoms with E-state index in [9.17, 15) is 0 Å². The molecule has 88 valence electrons. The van der Waals surface area contributed by atoms with Crippen molar-refractivity contribution >= 4 is 0 Å². The molecular formula is C13H25NO. The lowest BCUT2D eigenvalue weighted by molar-refractivity contribution is 0.0578. The summed E-state index contributed by atoms with van der Waals surface area (Å²) < 4.78 is 5.71. The van der Waals surface area contributed by atoms with Crippen LogP contribution in [0.15, 0.2) is 24.5 Å². The summed E-state index contributed by atoms with van der Waals surface area (Å²) in [5.41, 5.74) is 0.896. The van der Waals surface area contributed by atoms with Crippen molar-refractivity contribution in [2.45, 2.75) is 46.3 Å². The van der Waals surface area contributed by atoms with Gasteiger partial charge in [-0.3, -0.25) is 0 Å². The Labute approximate surface area is 94.6 Å². The van der Waals surface area contributed by atoms with Gasteiger partial charge in [-0.2, -0.15) is 0 Å². The highest BCUT2D eigenvalue weighted by atomic mass is 16.5. The molecule has 0 aromatic rings. The molecule has 2 nitrogen and oxygen atoms in total. The fraction of sp³-hybridized carbons (Fsp3) is 0.692. The standard InChI is InChI=1S/C13H25NO/c1-8-9-14(7)11(4)13(6)15-12(5)10(2)3/h11,13H,2,5,8-9H2,1,3-4,6-7H3. The van der Waals surface area contributed by atoms with Gasteiger partial charge in [0.2, 0.25) is 0 Å². The molecule has 0 aliphatic carbocycles. The van der Waals surface area contributed by atoms with E-state index in [0.29, 0.717) is 11.8 Å². The van der Waals surface area contributed by atoms with Gasteiger partial charge in [-0.1, -0.05) is 20.1 Å². The van der Waals surface area contributed by atoms with Gasteiger partial charge in [-0.25, -0.2) is 0 Å². The molecule has 2 unspecified atom stereocenters. The van der Waals surface area contributed by atoms with Crippen molar-refractivity contribution in [3.05, 3.63) is 24.5 Å². The van der Waals surface area contributed by atoms with Crippen LogP contribution in [0.4, 0.5) is 0 Å². The Balaban J connectivity index is 4.14. The highest BCUT2D eigenvalue weighted by Crippen LogP contribution is 2.13. The second-order valence-electron chi connectivity index (χ2n) is 4.25. The lowest BCUT2D eigenvalue weighted by Gasteiger charge is -2.30. The monoisotopic (exact) mass is 211 g/mol. The number of ether oxygens (including phenoxy) is 1. The van der Waals surface area contributed by atoms with E-state index in [4.69, 9.17) is 4.74 Å². The van der Waals surface area contributed by atoms with Gasteiger partial charge in [0.1, 0.15) is 11.9 Å². The van der Waals surface area contributed by atoms with Crippen molar-refractivity contribution in [1.82, 2.24) is 4.90 Å². The lowest BCUT2D eigenvalue weighted by atomic mass is 10.1. The summed E-state index contributed by atoms with van der Waals surface area (Å²) in [7, 11) is 2.12. The molecule has 0 aliphatic heterocycles. The Morgan fingerprint density at radius 2 is 1.87 bits per heavy atom. The number of nitrogens with zero attached hydrogens (tertiary/aromatic N) is 1. The van der Waals surface area contributed by atoms with Gasteiger partial charge in [-0.15, -0.1) is 0 Å². The van der Waals surface area contributed by atoms with Gasteiger partial charge in [-0.05, 0) is 46.4 Å². The molecule has 0 saturated carbocycles. The third-order valence-corrected chi connectivity index (χ3v) is 2.76. The summed E-state index contributed by atoms with van der Waals surface area (Å²) in [6, 6.07) is 0.390. The predicted octanol–water partition coefficient (Wildman–Crippen LogP) is 3.21. The minimum atomic E-state index is 0.144. The van der Waals surface area contributed by atoms with Gasteiger partial charge in [0.25, 0.3) is 0 Å². The zero-order chi connectivity index (χ0) is 12.0. The third kappa shape index (κ3) is 5.03. The molecule has 2 heteroatoms. The number of hydrogen-bond donors (Lipinski definition) is 0. The average Bonchev–Trinajstić information content (AvgIpc) is 2.16. The Hall–Kier alpha value is -0.760. The fourth-order valence-electron chi connectivity index (χ4n) is 1.34. The Morgan fingerprint density at radius 1 is 1.33 bits per heavy atom. The molecular weight excluding hydrogens is 186 g/mol. The summed E-state index contributed by atoms with van der Waals surface area (Å²) >= 11 is 0. The molecule has 0 aromatic carbocycles. The second kappa shape index (κ2) is 6.67. The highest BCUT2D eigenvalue weighted by molar-refractivity contribution is 5.16. The predicted molar refractivity (Wildman–Crippen MR) is 66.9 cm³/mol. The van der Waals surface area contributed by atoms with Crippen molar-refractivity contribution in [3.63, 3.8) is 0 Å². The largest absolute Gasteiger partial charge is 0.489 e. The first-order chi connectivity index (χ1) is 6.90. The molecule has 0 aromatic heterocycles. The van der Waals surface area contributed by atoms with E-state index < -0.39 is 0 Å². The average molecular weight is 211 g/mol. The number of allylic oxidation sites excluding steroid dienone is 1. The van der Waals surface area contributed by atoms with Gasteiger partial charge < -0.3 is 9.64 Å². The third-order valence-electron chi connectivity index (χ3n) is 2.76. The molecule has 0 amide bonds. The maximum Gasteiger partial charge on any atom is 0.114 e. The van der Waals surface area contributed by atoms with Crippen molar-refractivity contribution in [2.75, 3.05) is 13.6 Å². The van der Waals surface area contributed by atoms with Gasteiger partial charge in [0, 0.05) is 6.04 Å². The van der Waals surface area contributed by atoms with Crippen LogP contribution in [-0.2, 0) is 4.74 Å². The molecule has 0 bridgehead atoms. The number of likely N-dealkylation sites (N-methyl/N-ethyl adjacent to an activating group) is 1. The maximum atomic E-state index is 5.71. The minimum absolute atomic E-state index is 0.144. The first-order valence-corrected chi connectivity index (χ1v) is 5.61. The normalized spacial score (nSPS) is 14.8. The summed E-state index contributed by atoms with van der Waals surface area (Å²) in [6.45, 7) is 17.1. The second-order valence-corrected chi connectivity index (χ2v) is 4.25. The highest BCUT2D eigenvalue weighted by Gasteiger charge is 2.18. The van der Waals surface area contributed by atoms with Crippen molar-refractivity contribution in [3.8, 4) is 0 Å². The minimum Gasteiger partial charge on any atom is -0.489 e. The zero-order valence-corrected chi connectivity index (χ0v) is 10.8. The molecule has 0 N–H and O–H groups in total. The molecule has 0 spiro atoms. The van der Waals surface area contributed by atoms with Crippen LogP contribution in [0.3, 0.4) is 0 Å². The first-order valence-electron chi connectivity index (χ1n) is 5.61. The van der Waals surface area contributed by atoms with Crippen LogP contribution < -0.4 is 0 Å². The van der Waals surface area contributed by atoms with E-state index in [-0.39, 0.29) is 6.10 Å². The van der Waals surface area contributed by atoms with E-state index >= 15 is 0 Å². The van der Waals surface area contributed by atoms with Crippen LogP contribution >= 0.6 is 0 Å². The Bertz CT molecular complexity index is 223. The molecule has 0 aliphatic rings. The SMILES string of the molecule is C=C(C)C(=C)OC(C)C(C)N(C)CCC. The van der Waals surface area contributed by atoms with Crippen LogP contribution in [0.25, 0.3) is 0 Å². The van der Waals surface area contributed by atoms with Gasteiger partial charge >= 0.3 is 0 Å². The number of hydrogen-bond acceptors (Lipinski definition) is 2. The van der Waals surface area contributed by atoms with E-state index in [1.54, 1.807) is 0 Å². The first kappa shape index (κ1) is 14.2. The van der Waals surface area contributed by atoms with Gasteiger partial charge in [0.15, 0.2) is 0 Å². The molecule has 2 atom stereocenters. The van der Waals surface area contributed by atoms with Crippen LogP contribution in [0, 0.1) is 0 Å². The zero-order valence-electron chi connectivity index (χ0n) is 10.8. The molecule has 0 radical (unpaired) electrons. The maximum absolute atomic E-state index is 5.71. The van der Waals surface area contributed by atoms with E-state index in [1.165, 1.54) is 0 Å². The quantitative estimate of drug-likeness (QED) is 0.473. The van der Waals surface area contributed by atoms with E-state index in [0.717, 1.165) is 18.5 Å². The summed E-state index contributed by atoms with van der Waals surface area (Å²) in [5.74, 6) is 0.694. The molecule has 0 heterocycles. The Morgan fingerprint density at radius 3 is 2.27 bits per heavy atom. The van der Waals surface area contributed by atoms with Crippen LogP contribution in [0.2, 0.25) is 0 Å².